The molecule has 0 radical (unpaired) electrons. The van der Waals surface area contributed by atoms with Crippen LogP contribution < -0.4 is 5.32 Å². The van der Waals surface area contributed by atoms with Crippen LogP contribution >= 0.6 is 11.8 Å². The summed E-state index contributed by atoms with van der Waals surface area (Å²) in [5.74, 6) is -0.212. The number of rotatable bonds is 4. The summed E-state index contributed by atoms with van der Waals surface area (Å²) >= 11 is 0.891. The van der Waals surface area contributed by atoms with Gasteiger partial charge in [0.1, 0.15) is 12.0 Å². The van der Waals surface area contributed by atoms with E-state index >= 15 is 0 Å². The molecule has 1 heterocycles. The molecule has 0 bridgehead atoms. The summed E-state index contributed by atoms with van der Waals surface area (Å²) in [7, 11) is 1.60. The number of nitro groups is 1. The summed E-state index contributed by atoms with van der Waals surface area (Å²) < 4.78 is 13.5. The van der Waals surface area contributed by atoms with Gasteiger partial charge in [-0.3, -0.25) is 10.1 Å². The minimum atomic E-state index is -0.595. The molecule has 0 aliphatic carbocycles. The van der Waals surface area contributed by atoms with Gasteiger partial charge >= 0.3 is 5.69 Å². The summed E-state index contributed by atoms with van der Waals surface area (Å²) in [5.41, 5.74) is -0.257. The van der Waals surface area contributed by atoms with E-state index in [0.29, 0.717) is 0 Å². The van der Waals surface area contributed by atoms with E-state index in [1.54, 1.807) is 19.2 Å². The van der Waals surface area contributed by atoms with Crippen molar-refractivity contribution in [1.29, 1.82) is 0 Å². The second-order valence-electron chi connectivity index (χ2n) is 3.42. The van der Waals surface area contributed by atoms with Crippen molar-refractivity contribution in [3.8, 4) is 0 Å². The van der Waals surface area contributed by atoms with E-state index in [1.807, 2.05) is 0 Å². The molecule has 1 aromatic carbocycles. The van der Waals surface area contributed by atoms with E-state index in [1.165, 1.54) is 12.1 Å². The third kappa shape index (κ3) is 2.97. The predicted molar refractivity (Wildman–Crippen MR) is 68.8 cm³/mol. The van der Waals surface area contributed by atoms with Crippen LogP contribution in [0.4, 0.5) is 16.0 Å². The van der Waals surface area contributed by atoms with Crippen LogP contribution in [0.1, 0.15) is 0 Å². The standard InChI is InChI=1S/C11H9FN4O2S/c1-13-11-14-6-8(16(17)18)10(15-11)19-9-5-3-2-4-7(9)12/h2-6H,1H3,(H,13,14,15). The lowest BCUT2D eigenvalue weighted by Gasteiger charge is -2.04. The Balaban J connectivity index is 2.43. The van der Waals surface area contributed by atoms with Crippen LogP contribution in [0, 0.1) is 15.9 Å². The fraction of sp³-hybridized carbons (Fsp3) is 0.0909. The Bertz CT molecular complexity index is 623. The van der Waals surface area contributed by atoms with Crippen LogP contribution in [-0.4, -0.2) is 21.9 Å². The number of halogens is 1. The number of anilines is 1. The van der Waals surface area contributed by atoms with Gasteiger partial charge in [-0.2, -0.15) is 4.98 Å². The maximum Gasteiger partial charge on any atom is 0.320 e. The third-order valence-corrected chi connectivity index (χ3v) is 3.24. The zero-order valence-corrected chi connectivity index (χ0v) is 10.6. The molecule has 0 amide bonds. The number of aromatic nitrogens is 2. The smallest absolute Gasteiger partial charge is 0.320 e. The van der Waals surface area contributed by atoms with Gasteiger partial charge in [0.25, 0.3) is 0 Å². The molecule has 2 aromatic rings. The molecule has 0 atom stereocenters. The van der Waals surface area contributed by atoms with Crippen molar-refractivity contribution < 1.29 is 9.31 Å². The molecular formula is C11H9FN4O2S. The van der Waals surface area contributed by atoms with E-state index in [-0.39, 0.29) is 21.6 Å². The first-order chi connectivity index (χ1) is 9.11. The van der Waals surface area contributed by atoms with Gasteiger partial charge in [0, 0.05) is 11.9 Å². The highest BCUT2D eigenvalue weighted by Gasteiger charge is 2.19. The molecule has 19 heavy (non-hydrogen) atoms. The Morgan fingerprint density at radius 1 is 1.42 bits per heavy atom. The maximum atomic E-state index is 13.5. The van der Waals surface area contributed by atoms with Crippen LogP contribution in [0.25, 0.3) is 0 Å². The average Bonchev–Trinajstić information content (AvgIpc) is 2.41. The lowest BCUT2D eigenvalue weighted by atomic mass is 10.3. The summed E-state index contributed by atoms with van der Waals surface area (Å²) in [4.78, 5) is 18.3. The second-order valence-corrected chi connectivity index (χ2v) is 4.45. The molecular weight excluding hydrogens is 271 g/mol. The highest BCUT2D eigenvalue weighted by Crippen LogP contribution is 2.34. The molecule has 0 aliphatic heterocycles. The van der Waals surface area contributed by atoms with Gasteiger partial charge in [-0.15, -0.1) is 0 Å². The summed E-state index contributed by atoms with van der Waals surface area (Å²) in [6.07, 6.45) is 1.10. The van der Waals surface area contributed by atoms with Gasteiger partial charge in [0.15, 0.2) is 5.03 Å². The van der Waals surface area contributed by atoms with E-state index < -0.39 is 10.7 Å². The molecule has 6 nitrogen and oxygen atoms in total. The second kappa shape index (κ2) is 5.61. The first-order valence-corrected chi connectivity index (χ1v) is 6.05. The van der Waals surface area contributed by atoms with E-state index in [0.717, 1.165) is 18.0 Å². The minimum Gasteiger partial charge on any atom is -0.357 e. The van der Waals surface area contributed by atoms with Crippen LogP contribution in [0.15, 0.2) is 40.4 Å². The van der Waals surface area contributed by atoms with E-state index in [4.69, 9.17) is 0 Å². The van der Waals surface area contributed by atoms with Crippen molar-refractivity contribution in [3.63, 3.8) is 0 Å². The highest BCUT2D eigenvalue weighted by molar-refractivity contribution is 7.99. The SMILES string of the molecule is CNc1ncc([N+](=O)[O-])c(Sc2ccccc2F)n1. The number of benzene rings is 1. The fourth-order valence-electron chi connectivity index (χ4n) is 1.31. The highest BCUT2D eigenvalue weighted by atomic mass is 32.2. The van der Waals surface area contributed by atoms with Gasteiger partial charge < -0.3 is 5.32 Å². The normalized spacial score (nSPS) is 10.2. The molecule has 1 aromatic heterocycles. The van der Waals surface area contributed by atoms with Crippen molar-refractivity contribution in [2.24, 2.45) is 0 Å². The maximum absolute atomic E-state index is 13.5. The van der Waals surface area contributed by atoms with Crippen LogP contribution in [0.3, 0.4) is 0 Å². The fourth-order valence-corrected chi connectivity index (χ4v) is 2.20. The van der Waals surface area contributed by atoms with E-state index in [9.17, 15) is 14.5 Å². The molecule has 8 heteroatoms. The first kappa shape index (κ1) is 13.2. The Morgan fingerprint density at radius 3 is 2.79 bits per heavy atom. The summed E-state index contributed by atoms with van der Waals surface area (Å²) in [6, 6.07) is 6.02. The summed E-state index contributed by atoms with van der Waals surface area (Å²) in [5, 5.41) is 13.7. The number of nitrogens with zero attached hydrogens (tertiary/aromatic N) is 3. The molecule has 0 saturated heterocycles. The number of hydrogen-bond donors (Lipinski definition) is 1. The molecule has 1 N–H and O–H groups in total. The summed E-state index contributed by atoms with van der Waals surface area (Å²) in [6.45, 7) is 0. The lowest BCUT2D eigenvalue weighted by molar-refractivity contribution is -0.388. The van der Waals surface area contributed by atoms with Crippen LogP contribution in [-0.2, 0) is 0 Å². The van der Waals surface area contributed by atoms with E-state index in [2.05, 4.69) is 15.3 Å². The Labute approximate surface area is 112 Å². The Kier molecular flexibility index (Phi) is 3.91. The van der Waals surface area contributed by atoms with Crippen LogP contribution in [0.5, 0.6) is 0 Å². The largest absolute Gasteiger partial charge is 0.357 e. The van der Waals surface area contributed by atoms with Crippen molar-refractivity contribution in [3.05, 3.63) is 46.4 Å². The topological polar surface area (TPSA) is 81.0 Å². The van der Waals surface area contributed by atoms with Crippen molar-refractivity contribution in [2.45, 2.75) is 9.92 Å². The molecule has 98 valence electrons. The first-order valence-electron chi connectivity index (χ1n) is 5.23. The average molecular weight is 280 g/mol. The number of nitrogens with one attached hydrogen (secondary N) is 1. The monoisotopic (exact) mass is 280 g/mol. The minimum absolute atomic E-state index is 0.0921. The van der Waals surface area contributed by atoms with Crippen molar-refractivity contribution in [2.75, 3.05) is 12.4 Å². The molecule has 0 spiro atoms. The van der Waals surface area contributed by atoms with Crippen molar-refractivity contribution in [1.82, 2.24) is 9.97 Å². The zero-order valence-electron chi connectivity index (χ0n) is 9.83. The van der Waals surface area contributed by atoms with Gasteiger partial charge in [0.05, 0.1) is 4.92 Å². The molecule has 2 rings (SSSR count). The van der Waals surface area contributed by atoms with Gasteiger partial charge in [-0.1, -0.05) is 23.9 Å². The zero-order chi connectivity index (χ0) is 13.8. The molecule has 0 saturated carbocycles. The Hall–Kier alpha value is -2.22. The molecule has 0 fully saturated rings. The van der Waals surface area contributed by atoms with Gasteiger partial charge in [-0.25, -0.2) is 9.37 Å². The quantitative estimate of drug-likeness (QED) is 0.527. The predicted octanol–water partition coefficient (Wildman–Crippen LogP) is 2.72. The molecule has 0 unspecified atom stereocenters. The number of hydrogen-bond acceptors (Lipinski definition) is 6. The Morgan fingerprint density at radius 2 is 2.16 bits per heavy atom. The van der Waals surface area contributed by atoms with Gasteiger partial charge in [0.2, 0.25) is 5.95 Å². The molecule has 0 aliphatic rings. The lowest BCUT2D eigenvalue weighted by Crippen LogP contribution is -2.01. The van der Waals surface area contributed by atoms with Gasteiger partial charge in [-0.05, 0) is 12.1 Å². The van der Waals surface area contributed by atoms with Crippen molar-refractivity contribution >= 4 is 23.4 Å². The third-order valence-electron chi connectivity index (χ3n) is 2.20. The van der Waals surface area contributed by atoms with Crippen LogP contribution in [0.2, 0.25) is 0 Å².